The Morgan fingerprint density at radius 1 is 0.347 bits per heavy atom. The number of hydrogen-bond donors (Lipinski definition) is 0. The molecule has 14 rings (SSSR count). The molecule has 0 radical (unpaired) electrons. The molecule has 0 aromatic heterocycles. The summed E-state index contributed by atoms with van der Waals surface area (Å²) in [6, 6.07) is 32.0. The first-order valence-electron chi connectivity index (χ1n) is 37.2. The molecule has 19 nitrogen and oxygen atoms in total. The average molecular weight is 1370 g/mol. The molecule has 19 heteroatoms. The molecule has 12 atom stereocenters. The van der Waals surface area contributed by atoms with Crippen LogP contribution in [0, 0.1) is 71.0 Å². The molecule has 6 bridgehead atoms. The fourth-order valence-electron chi connectivity index (χ4n) is 18.8. The highest BCUT2D eigenvalue weighted by molar-refractivity contribution is 6.27. The summed E-state index contributed by atoms with van der Waals surface area (Å²) in [5.74, 6) is -16.7. The van der Waals surface area contributed by atoms with E-state index in [1.807, 2.05) is 12.1 Å². The summed E-state index contributed by atoms with van der Waals surface area (Å²) in [6.45, 7) is 8.63. The van der Waals surface area contributed by atoms with Gasteiger partial charge in [0, 0.05) is 50.1 Å². The van der Waals surface area contributed by atoms with E-state index < -0.39 is 142 Å². The van der Waals surface area contributed by atoms with Crippen molar-refractivity contribution < 1.29 is 62.3 Å². The van der Waals surface area contributed by atoms with Gasteiger partial charge in [-0.1, -0.05) is 121 Å². The number of amides is 12. The maximum Gasteiger partial charge on any atom is 0.237 e. The summed E-state index contributed by atoms with van der Waals surface area (Å²) in [7, 11) is 1.40. The number of carbonyl (C=O) groups is 12. The predicted molar refractivity (Wildman–Crippen MR) is 379 cm³/mol. The first kappa shape index (κ1) is 68.9. The van der Waals surface area contributed by atoms with E-state index in [2.05, 4.69) is 76.2 Å². The predicted octanol–water partition coefficient (Wildman–Crippen LogP) is 12.1. The highest BCUT2D eigenvalue weighted by atomic mass is 16.5. The van der Waals surface area contributed by atoms with Gasteiger partial charge in [0.2, 0.25) is 70.9 Å². The molecular formula is C82H90N6O13. The van der Waals surface area contributed by atoms with Crippen molar-refractivity contribution in [3.05, 3.63) is 131 Å². The molecule has 9 aliphatic rings. The Balaban J connectivity index is 0.744. The van der Waals surface area contributed by atoms with Gasteiger partial charge in [-0.2, -0.15) is 0 Å². The molecule has 6 aliphatic heterocycles. The Hall–Kier alpha value is -9.26. The number of benzene rings is 5. The van der Waals surface area contributed by atoms with Crippen LogP contribution >= 0.6 is 0 Å². The fourth-order valence-corrected chi connectivity index (χ4v) is 18.8. The Kier molecular flexibility index (Phi) is 19.3. The zero-order chi connectivity index (χ0) is 70.8. The van der Waals surface area contributed by atoms with E-state index in [4.69, 9.17) is 4.74 Å². The molecule has 3 saturated carbocycles. The molecule has 5 aromatic carbocycles. The number of hydrogen-bond acceptors (Lipinski definition) is 13. The maximum absolute atomic E-state index is 15.5. The van der Waals surface area contributed by atoms with Crippen LogP contribution in [0.3, 0.4) is 0 Å². The van der Waals surface area contributed by atoms with Crippen molar-refractivity contribution in [2.24, 2.45) is 71.0 Å². The lowest BCUT2D eigenvalue weighted by Crippen LogP contribution is -2.51. The number of fused-ring (bicyclic) bond motifs is 15. The standard InChI is InChI=1S/C82H90N6O13/c1-6-10-13-17-36-101-67-39-55(86-70(91)43-56-59-40-62(71(56)80(86)98)75(93)83(5)74(59)92)33-35-66(67)88-77(95)61-42-64(79(88)97)73-58(61)45-69(90)85(82(73)100)54-32-34-65(52(38-54)21-16-15-19-47-24-28-50(29-25-47)49-26-22-46(23-27-49)18-12-8-3)87-76(94)60-41-63(78(87)96)72-57(60)44-68(89)84(81(72)99)53-31-30-48(9-4)51(37-53)20-14-11-7-2/h22-35,37-39,56-64,71-73H,6-21,36,40-45H2,1-5H3. The first-order chi connectivity index (χ1) is 48.8. The molecule has 101 heavy (non-hydrogen) atoms. The van der Waals surface area contributed by atoms with Crippen molar-refractivity contribution in [1.82, 2.24) is 4.90 Å². The van der Waals surface area contributed by atoms with Crippen LogP contribution in [0.1, 0.15) is 165 Å². The van der Waals surface area contributed by atoms with E-state index in [0.29, 0.717) is 43.4 Å². The van der Waals surface area contributed by atoms with Crippen molar-refractivity contribution in [1.29, 1.82) is 0 Å². The molecule has 6 heterocycles. The van der Waals surface area contributed by atoms with E-state index in [1.165, 1.54) is 46.7 Å². The molecular weight excluding hydrogens is 1280 g/mol. The zero-order valence-electron chi connectivity index (χ0n) is 58.5. The highest BCUT2D eigenvalue weighted by Crippen LogP contribution is 2.57. The fraction of sp³-hybridized carbons (Fsp3) is 0.488. The Labute approximate surface area is 589 Å². The largest absolute Gasteiger partial charge is 0.491 e. The van der Waals surface area contributed by atoms with Gasteiger partial charge in [-0.05, 0) is 183 Å². The Bertz CT molecular complexity index is 4240. The van der Waals surface area contributed by atoms with Gasteiger partial charge in [-0.15, -0.1) is 0 Å². The maximum atomic E-state index is 15.5. The second kappa shape index (κ2) is 28.3. The highest BCUT2D eigenvalue weighted by Gasteiger charge is 2.66. The second-order valence-electron chi connectivity index (χ2n) is 29.8. The average Bonchev–Trinajstić information content (AvgIpc) is 1.58. The molecule has 5 aromatic rings. The van der Waals surface area contributed by atoms with E-state index >= 15 is 24.0 Å². The minimum atomic E-state index is -1.10. The van der Waals surface area contributed by atoms with Crippen LogP contribution in [0.4, 0.5) is 28.4 Å². The first-order valence-corrected chi connectivity index (χ1v) is 37.2. The molecule has 12 unspecified atom stereocenters. The number of nitrogens with zero attached hydrogens (tertiary/aromatic N) is 6. The number of ether oxygens (including phenoxy) is 1. The number of imide groups is 6. The lowest BCUT2D eigenvalue weighted by Gasteiger charge is -2.36. The van der Waals surface area contributed by atoms with Gasteiger partial charge in [0.15, 0.2) is 0 Å². The van der Waals surface area contributed by atoms with Crippen LogP contribution in [0.25, 0.3) is 11.1 Å². The van der Waals surface area contributed by atoms with Crippen LogP contribution < -0.4 is 29.2 Å². The lowest BCUT2D eigenvalue weighted by atomic mass is 9.80. The van der Waals surface area contributed by atoms with E-state index in [0.717, 1.165) is 118 Å². The van der Waals surface area contributed by atoms with Gasteiger partial charge in [-0.25, -0.2) is 9.80 Å². The number of anilines is 5. The van der Waals surface area contributed by atoms with Gasteiger partial charge < -0.3 is 4.74 Å². The molecule has 3 aliphatic carbocycles. The zero-order valence-corrected chi connectivity index (χ0v) is 58.5. The monoisotopic (exact) mass is 1370 g/mol. The van der Waals surface area contributed by atoms with Crippen LogP contribution in [-0.2, 0) is 89.6 Å². The third-order valence-corrected chi connectivity index (χ3v) is 24.1. The van der Waals surface area contributed by atoms with Crippen molar-refractivity contribution in [3.63, 3.8) is 0 Å². The molecule has 6 saturated heterocycles. The SMILES string of the molecule is CCCCCCOc1cc(N2C(=O)CC3C4CC(C(=O)N(C)C4=O)C3C2=O)ccc1N1C(=O)C2CC(C1=O)C1C(=O)N(c3ccc(N4C(=O)C5CC(C4=O)C4C(=O)N(c6ccc(CC)c(CCCCC)c6)C(=O)CC54)c(CCCCc4ccc(-c5ccc(CCCC)cc5)cc4)c3)C(=O)CC21. The molecule has 9 fully saturated rings. The van der Waals surface area contributed by atoms with Crippen molar-refractivity contribution in [2.75, 3.05) is 38.2 Å². The van der Waals surface area contributed by atoms with Gasteiger partial charge in [0.1, 0.15) is 5.75 Å². The van der Waals surface area contributed by atoms with Crippen molar-refractivity contribution >= 4 is 99.3 Å². The number of unbranched alkanes of at least 4 members (excludes halogenated alkanes) is 7. The Morgan fingerprint density at radius 3 is 1.26 bits per heavy atom. The van der Waals surface area contributed by atoms with Crippen LogP contribution in [0.2, 0.25) is 0 Å². The topological polar surface area (TPSA) is 234 Å². The minimum absolute atomic E-state index is 0.0132. The van der Waals surface area contributed by atoms with Crippen molar-refractivity contribution in [2.45, 2.75) is 169 Å². The minimum Gasteiger partial charge on any atom is -0.491 e. The summed E-state index contributed by atoms with van der Waals surface area (Å²) in [6.07, 6.45) is 13.3. The van der Waals surface area contributed by atoms with Gasteiger partial charge in [-0.3, -0.25) is 77.1 Å². The van der Waals surface area contributed by atoms with Crippen LogP contribution in [0.15, 0.2) is 103 Å². The summed E-state index contributed by atoms with van der Waals surface area (Å²) in [5, 5.41) is 0. The summed E-state index contributed by atoms with van der Waals surface area (Å²) < 4.78 is 6.41. The van der Waals surface area contributed by atoms with E-state index in [9.17, 15) is 33.6 Å². The number of rotatable bonds is 25. The normalized spacial score (nSPS) is 26.8. The van der Waals surface area contributed by atoms with Gasteiger partial charge in [0.25, 0.3) is 0 Å². The molecule has 526 valence electrons. The molecule has 12 amide bonds. The second-order valence-corrected chi connectivity index (χ2v) is 29.8. The number of likely N-dealkylation sites (tertiary alicyclic amines) is 1. The Morgan fingerprint density at radius 2 is 0.743 bits per heavy atom. The lowest BCUT2D eigenvalue weighted by molar-refractivity contribution is -0.152. The third kappa shape index (κ3) is 12.1. The van der Waals surface area contributed by atoms with E-state index in [1.54, 1.807) is 18.2 Å². The number of piperidine rings is 6. The van der Waals surface area contributed by atoms with Crippen LogP contribution in [-0.4, -0.2) is 89.4 Å². The third-order valence-electron chi connectivity index (χ3n) is 24.1. The quantitative estimate of drug-likeness (QED) is 0.0391. The number of carbonyl (C=O) groups excluding carboxylic acids is 12. The smallest absolute Gasteiger partial charge is 0.237 e. The number of aryl methyl sites for hydroxylation is 5. The van der Waals surface area contributed by atoms with E-state index in [-0.39, 0.29) is 73.6 Å². The van der Waals surface area contributed by atoms with Crippen LogP contribution in [0.5, 0.6) is 5.75 Å². The van der Waals surface area contributed by atoms with Gasteiger partial charge in [0.05, 0.1) is 70.6 Å². The van der Waals surface area contributed by atoms with Gasteiger partial charge >= 0.3 is 0 Å². The molecule has 0 spiro atoms. The summed E-state index contributed by atoms with van der Waals surface area (Å²) >= 11 is 0. The molecule has 0 N–H and O–H groups in total. The van der Waals surface area contributed by atoms with Crippen molar-refractivity contribution in [3.8, 4) is 16.9 Å². The summed E-state index contributed by atoms with van der Waals surface area (Å²) in [5.41, 5.74) is 8.44. The summed E-state index contributed by atoms with van der Waals surface area (Å²) in [4.78, 5) is 182.